The van der Waals surface area contributed by atoms with Gasteiger partial charge in [0.15, 0.2) is 5.69 Å². The zero-order valence-corrected chi connectivity index (χ0v) is 10.7. The molecule has 106 valence electrons. The maximum Gasteiger partial charge on any atom is 0.433 e. The van der Waals surface area contributed by atoms with Crippen LogP contribution < -0.4 is 5.32 Å². The molecule has 2 rings (SSSR count). The number of aliphatic hydroxyl groups is 1. The Hall–Kier alpha value is -1.08. The highest BCUT2D eigenvalue weighted by Crippen LogP contribution is 2.32. The lowest BCUT2D eigenvalue weighted by Crippen LogP contribution is -2.27. The predicted molar refractivity (Wildman–Crippen MR) is 63.9 cm³/mol. The average Bonchev–Trinajstić information content (AvgIpc) is 2.74. The third kappa shape index (κ3) is 3.48. The van der Waals surface area contributed by atoms with Crippen LogP contribution in [0.5, 0.6) is 0 Å². The van der Waals surface area contributed by atoms with Gasteiger partial charge in [-0.15, -0.1) is 0 Å². The van der Waals surface area contributed by atoms with Crippen molar-refractivity contribution in [2.45, 2.75) is 31.5 Å². The van der Waals surface area contributed by atoms with E-state index in [4.69, 9.17) is 11.6 Å². The quantitative estimate of drug-likeness (QED) is 0.842. The predicted octanol–water partition coefficient (Wildman–Crippen LogP) is 2.72. The highest BCUT2D eigenvalue weighted by Gasteiger charge is 2.34. The average molecular weight is 296 g/mol. The Labute approximate surface area is 113 Å². The van der Waals surface area contributed by atoms with Crippen LogP contribution in [0.25, 0.3) is 0 Å². The summed E-state index contributed by atoms with van der Waals surface area (Å²) in [4.78, 5) is 6.90. The van der Waals surface area contributed by atoms with Crippen LogP contribution in [0.15, 0.2) is 6.07 Å². The summed E-state index contributed by atoms with van der Waals surface area (Å²) in [7, 11) is 0. The molecule has 1 aromatic heterocycles. The fraction of sp³-hybridized carbons (Fsp3) is 0.636. The molecule has 1 aromatic rings. The largest absolute Gasteiger partial charge is 0.433 e. The Balaban J connectivity index is 2.18. The standard InChI is InChI=1S/C11H13ClF3N3O/c12-10-17-8(11(13,14)15)4-9(18-10)16-7-3-1-2-6(7)5-19/h4,6-7,19H,1-3,5H2,(H,16,17,18). The minimum absolute atomic E-state index is 0.00259. The van der Waals surface area contributed by atoms with Crippen molar-refractivity contribution in [2.24, 2.45) is 5.92 Å². The number of nitrogens with one attached hydrogen (secondary N) is 1. The second-order valence-electron chi connectivity index (χ2n) is 4.53. The van der Waals surface area contributed by atoms with Crippen molar-refractivity contribution >= 4 is 17.4 Å². The molecule has 0 radical (unpaired) electrons. The van der Waals surface area contributed by atoms with Gasteiger partial charge < -0.3 is 10.4 Å². The fourth-order valence-electron chi connectivity index (χ4n) is 2.27. The van der Waals surface area contributed by atoms with E-state index in [1.807, 2.05) is 0 Å². The van der Waals surface area contributed by atoms with E-state index in [9.17, 15) is 18.3 Å². The summed E-state index contributed by atoms with van der Waals surface area (Å²) in [6, 6.07) is 0.746. The van der Waals surface area contributed by atoms with Crippen LogP contribution >= 0.6 is 11.6 Å². The Morgan fingerprint density at radius 1 is 1.37 bits per heavy atom. The van der Waals surface area contributed by atoms with Gasteiger partial charge in [-0.2, -0.15) is 13.2 Å². The van der Waals surface area contributed by atoms with E-state index in [0.717, 1.165) is 25.3 Å². The van der Waals surface area contributed by atoms with Crippen molar-refractivity contribution in [2.75, 3.05) is 11.9 Å². The molecule has 0 bridgehead atoms. The van der Waals surface area contributed by atoms with Crippen LogP contribution in [0.4, 0.5) is 19.0 Å². The van der Waals surface area contributed by atoms with Crippen molar-refractivity contribution in [3.05, 3.63) is 17.0 Å². The van der Waals surface area contributed by atoms with E-state index < -0.39 is 17.2 Å². The first-order chi connectivity index (χ1) is 8.90. The molecule has 2 atom stereocenters. The molecule has 8 heteroatoms. The van der Waals surface area contributed by atoms with Gasteiger partial charge in [0.2, 0.25) is 5.28 Å². The van der Waals surface area contributed by atoms with E-state index >= 15 is 0 Å². The second kappa shape index (κ2) is 5.50. The highest BCUT2D eigenvalue weighted by molar-refractivity contribution is 6.28. The molecule has 0 saturated heterocycles. The molecule has 2 N–H and O–H groups in total. The Morgan fingerprint density at radius 2 is 2.11 bits per heavy atom. The molecule has 2 unspecified atom stereocenters. The van der Waals surface area contributed by atoms with E-state index in [2.05, 4.69) is 15.3 Å². The first kappa shape index (κ1) is 14.3. The molecule has 4 nitrogen and oxygen atoms in total. The zero-order valence-electron chi connectivity index (χ0n) is 9.91. The number of hydrogen-bond acceptors (Lipinski definition) is 4. The monoisotopic (exact) mass is 295 g/mol. The van der Waals surface area contributed by atoms with Gasteiger partial charge in [-0.1, -0.05) is 6.42 Å². The number of rotatable bonds is 3. The number of hydrogen-bond donors (Lipinski definition) is 2. The molecule has 0 aliphatic heterocycles. The number of aromatic nitrogens is 2. The Bertz CT molecular complexity index is 455. The van der Waals surface area contributed by atoms with Gasteiger partial charge in [0, 0.05) is 24.6 Å². The number of alkyl halides is 3. The summed E-state index contributed by atoms with van der Waals surface area (Å²) in [6.45, 7) is 0.00259. The first-order valence-electron chi connectivity index (χ1n) is 5.89. The molecule has 1 saturated carbocycles. The van der Waals surface area contributed by atoms with Gasteiger partial charge in [0.25, 0.3) is 0 Å². The summed E-state index contributed by atoms with van der Waals surface area (Å²) >= 11 is 5.50. The molecule has 1 heterocycles. The summed E-state index contributed by atoms with van der Waals surface area (Å²) < 4.78 is 37.8. The van der Waals surface area contributed by atoms with Gasteiger partial charge in [-0.05, 0) is 24.4 Å². The Morgan fingerprint density at radius 3 is 2.74 bits per heavy atom. The lowest BCUT2D eigenvalue weighted by atomic mass is 10.1. The van der Waals surface area contributed by atoms with Gasteiger partial charge >= 0.3 is 6.18 Å². The van der Waals surface area contributed by atoms with Crippen molar-refractivity contribution in [1.82, 2.24) is 9.97 Å². The number of aliphatic hydroxyl groups excluding tert-OH is 1. The normalized spacial score (nSPS) is 23.6. The molecule has 0 amide bonds. The molecule has 0 aromatic carbocycles. The molecule has 1 aliphatic carbocycles. The van der Waals surface area contributed by atoms with Crippen LogP contribution in [0.3, 0.4) is 0 Å². The SMILES string of the molecule is OCC1CCCC1Nc1cc(C(F)(F)F)nc(Cl)n1. The molecular formula is C11H13ClF3N3O. The lowest BCUT2D eigenvalue weighted by Gasteiger charge is -2.20. The van der Waals surface area contributed by atoms with Gasteiger partial charge in [-0.3, -0.25) is 0 Å². The molecule has 1 fully saturated rings. The summed E-state index contributed by atoms with van der Waals surface area (Å²) in [5, 5.41) is 11.6. The van der Waals surface area contributed by atoms with Crippen molar-refractivity contribution in [3.8, 4) is 0 Å². The van der Waals surface area contributed by atoms with Crippen LogP contribution in [0.2, 0.25) is 5.28 Å². The van der Waals surface area contributed by atoms with Crippen molar-refractivity contribution in [3.63, 3.8) is 0 Å². The smallest absolute Gasteiger partial charge is 0.396 e. The van der Waals surface area contributed by atoms with E-state index in [0.29, 0.717) is 0 Å². The number of halogens is 4. The first-order valence-corrected chi connectivity index (χ1v) is 6.27. The van der Waals surface area contributed by atoms with Crippen LogP contribution in [-0.4, -0.2) is 27.7 Å². The Kier molecular flexibility index (Phi) is 4.15. The van der Waals surface area contributed by atoms with Gasteiger partial charge in [0.05, 0.1) is 0 Å². The third-order valence-corrected chi connectivity index (χ3v) is 3.39. The maximum absolute atomic E-state index is 12.6. The van der Waals surface area contributed by atoms with Crippen molar-refractivity contribution < 1.29 is 18.3 Å². The molecular weight excluding hydrogens is 283 g/mol. The topological polar surface area (TPSA) is 58.0 Å². The van der Waals surface area contributed by atoms with Gasteiger partial charge in [-0.25, -0.2) is 9.97 Å². The third-order valence-electron chi connectivity index (χ3n) is 3.22. The molecule has 1 aliphatic rings. The van der Waals surface area contributed by atoms with E-state index in [1.165, 1.54) is 0 Å². The highest BCUT2D eigenvalue weighted by atomic mass is 35.5. The summed E-state index contributed by atoms with van der Waals surface area (Å²) in [5.41, 5.74) is -1.08. The number of nitrogens with zero attached hydrogens (tertiary/aromatic N) is 2. The van der Waals surface area contributed by atoms with Crippen molar-refractivity contribution in [1.29, 1.82) is 0 Å². The van der Waals surface area contributed by atoms with Crippen LogP contribution in [0, 0.1) is 5.92 Å². The van der Waals surface area contributed by atoms with Crippen LogP contribution in [0.1, 0.15) is 25.0 Å². The number of anilines is 1. The summed E-state index contributed by atoms with van der Waals surface area (Å²) in [6.07, 6.45) is -2.00. The van der Waals surface area contributed by atoms with E-state index in [-0.39, 0.29) is 24.4 Å². The summed E-state index contributed by atoms with van der Waals surface area (Å²) in [5.74, 6) is 0.0701. The van der Waals surface area contributed by atoms with Crippen LogP contribution in [-0.2, 0) is 6.18 Å². The molecule has 0 spiro atoms. The zero-order chi connectivity index (χ0) is 14.0. The second-order valence-corrected chi connectivity index (χ2v) is 4.87. The van der Waals surface area contributed by atoms with Gasteiger partial charge in [0.1, 0.15) is 5.82 Å². The minimum Gasteiger partial charge on any atom is -0.396 e. The maximum atomic E-state index is 12.6. The lowest BCUT2D eigenvalue weighted by molar-refractivity contribution is -0.141. The van der Waals surface area contributed by atoms with E-state index in [1.54, 1.807) is 0 Å². The molecule has 19 heavy (non-hydrogen) atoms. The fourth-order valence-corrected chi connectivity index (χ4v) is 2.45. The minimum atomic E-state index is -4.56.